The number of rotatable bonds is 2. The molecule has 1 N–H and O–H groups in total. The maximum absolute atomic E-state index is 9.02. The number of hydrogen-bond acceptors (Lipinski definition) is 4. The first kappa shape index (κ1) is 10.6. The molecule has 0 atom stereocenters. The molecule has 1 aromatic heterocycles. The average molecular weight is 228 g/mol. The van der Waals surface area contributed by atoms with Crippen LogP contribution < -0.4 is 4.90 Å². The Morgan fingerprint density at radius 2 is 2.20 bits per heavy atom. The van der Waals surface area contributed by atoms with E-state index in [1.54, 1.807) is 12.3 Å². The van der Waals surface area contributed by atoms with Crippen molar-refractivity contribution in [3.8, 4) is 0 Å². The molecule has 1 aromatic rings. The first-order chi connectivity index (χ1) is 7.29. The third kappa shape index (κ3) is 2.58. The lowest BCUT2D eigenvalue weighted by Crippen LogP contribution is -2.35. The van der Waals surface area contributed by atoms with Crippen LogP contribution in [-0.2, 0) is 0 Å². The minimum Gasteiger partial charge on any atom is -0.396 e. The Bertz CT molecular complexity index is 326. The monoisotopic (exact) mass is 227 g/mol. The second-order valence-corrected chi connectivity index (χ2v) is 4.18. The summed E-state index contributed by atoms with van der Waals surface area (Å²) in [7, 11) is 0. The first-order valence-corrected chi connectivity index (χ1v) is 5.52. The number of aliphatic hydroxyl groups excluding tert-OH is 1. The Morgan fingerprint density at radius 1 is 1.47 bits per heavy atom. The van der Waals surface area contributed by atoms with E-state index >= 15 is 0 Å². The smallest absolute Gasteiger partial charge is 0.226 e. The number of nitrogens with zero attached hydrogens (tertiary/aromatic N) is 3. The quantitative estimate of drug-likeness (QED) is 0.775. The van der Waals surface area contributed by atoms with Gasteiger partial charge in [-0.3, -0.25) is 0 Å². The Balaban J connectivity index is 2.01. The van der Waals surface area contributed by atoms with Gasteiger partial charge in [-0.05, 0) is 24.8 Å². The molecule has 15 heavy (non-hydrogen) atoms. The molecule has 0 bridgehead atoms. The molecule has 2 rings (SSSR count). The van der Waals surface area contributed by atoms with E-state index in [4.69, 9.17) is 16.7 Å². The molecule has 1 saturated heterocycles. The highest BCUT2D eigenvalue weighted by molar-refractivity contribution is 6.29. The maximum atomic E-state index is 9.02. The largest absolute Gasteiger partial charge is 0.396 e. The van der Waals surface area contributed by atoms with Crippen LogP contribution in [0.4, 0.5) is 5.95 Å². The van der Waals surface area contributed by atoms with E-state index in [2.05, 4.69) is 14.9 Å². The van der Waals surface area contributed by atoms with Gasteiger partial charge in [0.25, 0.3) is 0 Å². The van der Waals surface area contributed by atoms with Gasteiger partial charge in [0.15, 0.2) is 0 Å². The summed E-state index contributed by atoms with van der Waals surface area (Å²) in [5.41, 5.74) is 0. The predicted octanol–water partition coefficient (Wildman–Crippen LogP) is 1.34. The number of piperidine rings is 1. The van der Waals surface area contributed by atoms with Crippen LogP contribution in [0.2, 0.25) is 5.15 Å². The van der Waals surface area contributed by atoms with Gasteiger partial charge >= 0.3 is 0 Å². The summed E-state index contributed by atoms with van der Waals surface area (Å²) in [4.78, 5) is 10.5. The fraction of sp³-hybridized carbons (Fsp3) is 0.600. The van der Waals surface area contributed by atoms with E-state index in [0.29, 0.717) is 17.0 Å². The Kier molecular flexibility index (Phi) is 3.38. The van der Waals surface area contributed by atoms with Crippen LogP contribution in [0, 0.1) is 5.92 Å². The minimum absolute atomic E-state index is 0.282. The molecule has 0 amide bonds. The van der Waals surface area contributed by atoms with E-state index in [1.807, 2.05) is 0 Å². The van der Waals surface area contributed by atoms with Crippen molar-refractivity contribution in [1.82, 2.24) is 9.97 Å². The van der Waals surface area contributed by atoms with Crippen LogP contribution in [0.25, 0.3) is 0 Å². The van der Waals surface area contributed by atoms with Crippen LogP contribution >= 0.6 is 11.6 Å². The van der Waals surface area contributed by atoms with Gasteiger partial charge in [-0.2, -0.15) is 0 Å². The molecular weight excluding hydrogens is 214 g/mol. The van der Waals surface area contributed by atoms with Crippen LogP contribution in [0.3, 0.4) is 0 Å². The third-order valence-corrected chi connectivity index (χ3v) is 2.97. The zero-order chi connectivity index (χ0) is 10.7. The second-order valence-electron chi connectivity index (χ2n) is 3.79. The molecule has 0 radical (unpaired) electrons. The fourth-order valence-electron chi connectivity index (χ4n) is 1.80. The highest BCUT2D eigenvalue weighted by atomic mass is 35.5. The zero-order valence-corrected chi connectivity index (χ0v) is 9.19. The predicted molar refractivity (Wildman–Crippen MR) is 59.1 cm³/mol. The van der Waals surface area contributed by atoms with Crippen LogP contribution in [0.1, 0.15) is 12.8 Å². The number of halogens is 1. The number of aromatic nitrogens is 2. The van der Waals surface area contributed by atoms with E-state index in [0.717, 1.165) is 25.9 Å². The molecule has 1 aliphatic heterocycles. The van der Waals surface area contributed by atoms with Crippen LogP contribution in [-0.4, -0.2) is 34.8 Å². The Hall–Kier alpha value is -0.870. The van der Waals surface area contributed by atoms with Gasteiger partial charge in [0.1, 0.15) is 5.15 Å². The highest BCUT2D eigenvalue weighted by Crippen LogP contribution is 2.20. The molecular formula is C10H14ClN3O. The first-order valence-electron chi connectivity index (χ1n) is 5.14. The summed E-state index contributed by atoms with van der Waals surface area (Å²) < 4.78 is 0. The summed E-state index contributed by atoms with van der Waals surface area (Å²) in [6.45, 7) is 2.07. The van der Waals surface area contributed by atoms with E-state index in [9.17, 15) is 0 Å². The lowest BCUT2D eigenvalue weighted by atomic mass is 9.98. The summed E-state index contributed by atoms with van der Waals surface area (Å²) in [5, 5.41) is 9.50. The van der Waals surface area contributed by atoms with Crippen molar-refractivity contribution >= 4 is 17.5 Å². The highest BCUT2D eigenvalue weighted by Gasteiger charge is 2.20. The molecule has 0 aromatic carbocycles. The molecule has 82 valence electrons. The topological polar surface area (TPSA) is 49.2 Å². The maximum Gasteiger partial charge on any atom is 0.226 e. The van der Waals surface area contributed by atoms with Crippen molar-refractivity contribution in [1.29, 1.82) is 0 Å². The minimum atomic E-state index is 0.282. The number of anilines is 1. The van der Waals surface area contributed by atoms with Crippen molar-refractivity contribution in [2.75, 3.05) is 24.6 Å². The van der Waals surface area contributed by atoms with Crippen molar-refractivity contribution < 1.29 is 5.11 Å². The molecule has 0 saturated carbocycles. The molecule has 1 aliphatic rings. The Labute approximate surface area is 93.9 Å². The second kappa shape index (κ2) is 4.77. The SMILES string of the molecule is OCC1CCN(c2nccc(Cl)n2)CC1. The average Bonchev–Trinajstić information content (AvgIpc) is 2.29. The number of aliphatic hydroxyl groups is 1. The lowest BCUT2D eigenvalue weighted by molar-refractivity contribution is 0.202. The van der Waals surface area contributed by atoms with E-state index in [-0.39, 0.29) is 6.61 Å². The van der Waals surface area contributed by atoms with Gasteiger partial charge in [0.2, 0.25) is 5.95 Å². The molecule has 0 spiro atoms. The lowest BCUT2D eigenvalue weighted by Gasteiger charge is -2.30. The van der Waals surface area contributed by atoms with Crippen molar-refractivity contribution in [2.24, 2.45) is 5.92 Å². The number of hydrogen-bond donors (Lipinski definition) is 1. The van der Waals surface area contributed by atoms with Gasteiger partial charge in [-0.25, -0.2) is 9.97 Å². The summed E-state index contributed by atoms with van der Waals surface area (Å²) in [6, 6.07) is 1.67. The normalized spacial score (nSPS) is 18.1. The standard InChI is InChI=1S/C10H14ClN3O/c11-9-1-4-12-10(13-9)14-5-2-8(7-15)3-6-14/h1,4,8,15H,2-3,5-7H2. The van der Waals surface area contributed by atoms with Gasteiger partial charge < -0.3 is 10.0 Å². The van der Waals surface area contributed by atoms with Crippen molar-refractivity contribution in [3.05, 3.63) is 17.4 Å². The molecule has 2 heterocycles. The molecule has 5 heteroatoms. The molecule has 0 unspecified atom stereocenters. The molecule has 4 nitrogen and oxygen atoms in total. The van der Waals surface area contributed by atoms with Gasteiger partial charge in [-0.15, -0.1) is 0 Å². The summed E-state index contributed by atoms with van der Waals surface area (Å²) >= 11 is 5.80. The van der Waals surface area contributed by atoms with Gasteiger partial charge in [-0.1, -0.05) is 11.6 Å². The third-order valence-electron chi connectivity index (χ3n) is 2.76. The Morgan fingerprint density at radius 3 is 2.80 bits per heavy atom. The van der Waals surface area contributed by atoms with E-state index < -0.39 is 0 Å². The van der Waals surface area contributed by atoms with Crippen molar-refractivity contribution in [3.63, 3.8) is 0 Å². The zero-order valence-electron chi connectivity index (χ0n) is 8.43. The fourth-order valence-corrected chi connectivity index (χ4v) is 1.93. The summed E-state index contributed by atoms with van der Waals surface area (Å²) in [5.74, 6) is 1.12. The van der Waals surface area contributed by atoms with Gasteiger partial charge in [0, 0.05) is 25.9 Å². The van der Waals surface area contributed by atoms with Gasteiger partial charge in [0.05, 0.1) is 0 Å². The van der Waals surface area contributed by atoms with Crippen LogP contribution in [0.15, 0.2) is 12.3 Å². The van der Waals surface area contributed by atoms with Crippen molar-refractivity contribution in [2.45, 2.75) is 12.8 Å². The summed E-state index contributed by atoms with van der Waals surface area (Å²) in [6.07, 6.45) is 3.65. The molecule has 0 aliphatic carbocycles. The van der Waals surface area contributed by atoms with Crippen LogP contribution in [0.5, 0.6) is 0 Å². The molecule has 1 fully saturated rings. The van der Waals surface area contributed by atoms with E-state index in [1.165, 1.54) is 0 Å².